The fraction of sp³-hybridized carbons (Fsp3) is 0.143. The molecule has 0 saturated heterocycles. The van der Waals surface area contributed by atoms with Crippen LogP contribution in [0.4, 0.5) is 0 Å². The number of carbonyl (C=O) groups is 1. The Morgan fingerprint density at radius 3 is 2.35 bits per heavy atom. The van der Waals surface area contributed by atoms with E-state index >= 15 is 0 Å². The zero-order chi connectivity index (χ0) is 18.3. The Kier molecular flexibility index (Phi) is 3.65. The number of nitrogens with two attached hydrogens (primary N) is 1. The fourth-order valence-electron chi connectivity index (χ4n) is 3.35. The molecule has 130 valence electrons. The topological polar surface area (TPSA) is 71.8 Å². The van der Waals surface area contributed by atoms with Gasteiger partial charge in [-0.2, -0.15) is 0 Å². The molecule has 1 atom stereocenters. The average Bonchev–Trinajstić information content (AvgIpc) is 3.20. The molecule has 0 bridgehead atoms. The molecule has 0 aliphatic carbocycles. The van der Waals surface area contributed by atoms with Gasteiger partial charge in [0.15, 0.2) is 11.5 Å². The van der Waals surface area contributed by atoms with Crippen molar-refractivity contribution < 1.29 is 9.21 Å². The van der Waals surface area contributed by atoms with Gasteiger partial charge < -0.3 is 10.2 Å². The summed E-state index contributed by atoms with van der Waals surface area (Å²) < 4.78 is 5.74. The molecule has 2 N–H and O–H groups in total. The molecule has 5 heteroatoms. The van der Waals surface area contributed by atoms with Crippen molar-refractivity contribution in [2.45, 2.75) is 12.5 Å². The molecule has 26 heavy (non-hydrogen) atoms. The zero-order valence-corrected chi connectivity index (χ0v) is 14.6. The van der Waals surface area contributed by atoms with Crippen molar-refractivity contribution in [1.29, 1.82) is 0 Å². The number of benzene rings is 2. The van der Waals surface area contributed by atoms with Crippen LogP contribution in [0.15, 0.2) is 76.1 Å². The van der Waals surface area contributed by atoms with Crippen molar-refractivity contribution in [2.75, 3.05) is 7.05 Å². The van der Waals surface area contributed by atoms with Crippen LogP contribution < -0.4 is 5.73 Å². The van der Waals surface area contributed by atoms with Gasteiger partial charge in [-0.05, 0) is 36.2 Å². The van der Waals surface area contributed by atoms with E-state index in [9.17, 15) is 4.79 Å². The monoisotopic (exact) mass is 345 g/mol. The van der Waals surface area contributed by atoms with Gasteiger partial charge in [0.05, 0.1) is 0 Å². The number of furan rings is 1. The number of carbonyl (C=O) groups excluding carboxylic acids is 1. The first kappa shape index (κ1) is 16.1. The van der Waals surface area contributed by atoms with Crippen molar-refractivity contribution >= 4 is 11.9 Å². The predicted octanol–water partition coefficient (Wildman–Crippen LogP) is 3.29. The summed E-state index contributed by atoms with van der Waals surface area (Å²) >= 11 is 0. The number of nitrogens with zero attached hydrogens (tertiary/aromatic N) is 2. The molecule has 0 radical (unpaired) electrons. The highest BCUT2D eigenvalue weighted by molar-refractivity contribution is 6.09. The van der Waals surface area contributed by atoms with Crippen molar-refractivity contribution in [3.05, 3.63) is 83.6 Å². The minimum atomic E-state index is -1.18. The van der Waals surface area contributed by atoms with Crippen LogP contribution >= 0.6 is 0 Å². The second-order valence-electron chi connectivity index (χ2n) is 6.40. The first-order valence-electron chi connectivity index (χ1n) is 8.39. The van der Waals surface area contributed by atoms with E-state index < -0.39 is 5.54 Å². The molecule has 2 aromatic carbocycles. The third-order valence-electron chi connectivity index (χ3n) is 4.74. The van der Waals surface area contributed by atoms with E-state index in [1.165, 1.54) is 4.90 Å². The van der Waals surface area contributed by atoms with E-state index in [0.29, 0.717) is 0 Å². The van der Waals surface area contributed by atoms with Crippen molar-refractivity contribution in [3.8, 4) is 11.3 Å². The lowest BCUT2D eigenvalue weighted by Gasteiger charge is -2.26. The normalized spacial score (nSPS) is 19.7. The summed E-state index contributed by atoms with van der Waals surface area (Å²) in [4.78, 5) is 19.2. The Morgan fingerprint density at radius 2 is 1.73 bits per heavy atom. The largest absolute Gasteiger partial charge is 0.461 e. The van der Waals surface area contributed by atoms with Crippen LogP contribution in [-0.2, 0) is 10.3 Å². The zero-order valence-electron chi connectivity index (χ0n) is 14.6. The number of guanidine groups is 1. The van der Waals surface area contributed by atoms with Gasteiger partial charge in [-0.25, -0.2) is 4.99 Å². The highest BCUT2D eigenvalue weighted by atomic mass is 16.3. The van der Waals surface area contributed by atoms with Gasteiger partial charge in [0.25, 0.3) is 5.91 Å². The van der Waals surface area contributed by atoms with E-state index in [-0.39, 0.29) is 11.9 Å². The third-order valence-corrected chi connectivity index (χ3v) is 4.74. The smallest absolute Gasteiger partial charge is 0.266 e. The fourth-order valence-corrected chi connectivity index (χ4v) is 3.35. The number of hydrogen-bond acceptors (Lipinski definition) is 4. The van der Waals surface area contributed by atoms with E-state index in [0.717, 1.165) is 28.2 Å². The molecule has 1 aliphatic rings. The average molecular weight is 345 g/mol. The van der Waals surface area contributed by atoms with Gasteiger partial charge in [0.1, 0.15) is 11.5 Å². The van der Waals surface area contributed by atoms with Crippen molar-refractivity contribution in [3.63, 3.8) is 0 Å². The van der Waals surface area contributed by atoms with E-state index in [2.05, 4.69) is 4.99 Å². The molecule has 0 spiro atoms. The van der Waals surface area contributed by atoms with Gasteiger partial charge in [0, 0.05) is 12.6 Å². The maximum absolute atomic E-state index is 13.2. The molecular formula is C21H19N3O2. The van der Waals surface area contributed by atoms with E-state index in [4.69, 9.17) is 10.2 Å². The Balaban J connectivity index is 1.93. The molecule has 2 heterocycles. The van der Waals surface area contributed by atoms with Gasteiger partial charge in [-0.3, -0.25) is 9.69 Å². The van der Waals surface area contributed by atoms with Crippen LogP contribution in [0.2, 0.25) is 0 Å². The van der Waals surface area contributed by atoms with Gasteiger partial charge in [-0.15, -0.1) is 0 Å². The SMILES string of the molecule is Cc1ccc(-c2cccc(C3(c4ccccc4)N=C(N)N(C)C3=O)c2)o1. The predicted molar refractivity (Wildman–Crippen MR) is 100 cm³/mol. The van der Waals surface area contributed by atoms with Crippen LogP contribution in [0.25, 0.3) is 11.3 Å². The summed E-state index contributed by atoms with van der Waals surface area (Å²) in [6.45, 7) is 1.90. The minimum Gasteiger partial charge on any atom is -0.461 e. The molecule has 3 aromatic rings. The van der Waals surface area contributed by atoms with Gasteiger partial charge in [0.2, 0.25) is 0 Å². The lowest BCUT2D eigenvalue weighted by atomic mass is 9.82. The molecule has 1 amide bonds. The molecule has 5 nitrogen and oxygen atoms in total. The Labute approximate surface area is 151 Å². The van der Waals surface area contributed by atoms with Crippen LogP contribution in [0, 0.1) is 6.92 Å². The second-order valence-corrected chi connectivity index (χ2v) is 6.40. The molecule has 1 aliphatic heterocycles. The lowest BCUT2D eigenvalue weighted by Crippen LogP contribution is -2.41. The number of rotatable bonds is 3. The van der Waals surface area contributed by atoms with E-state index in [1.807, 2.05) is 73.7 Å². The number of likely N-dealkylation sites (N-methyl/N-ethyl adjacent to an activating group) is 1. The van der Waals surface area contributed by atoms with Crippen LogP contribution in [0.5, 0.6) is 0 Å². The number of hydrogen-bond donors (Lipinski definition) is 1. The summed E-state index contributed by atoms with van der Waals surface area (Å²) in [5.74, 6) is 1.62. The summed E-state index contributed by atoms with van der Waals surface area (Å²) in [5, 5.41) is 0. The van der Waals surface area contributed by atoms with Crippen LogP contribution in [0.1, 0.15) is 16.9 Å². The molecule has 1 unspecified atom stereocenters. The van der Waals surface area contributed by atoms with Crippen molar-refractivity contribution in [2.24, 2.45) is 10.7 Å². The number of amides is 1. The highest BCUT2D eigenvalue weighted by Crippen LogP contribution is 2.40. The van der Waals surface area contributed by atoms with Gasteiger partial charge in [-0.1, -0.05) is 48.5 Å². The molecular weight excluding hydrogens is 326 g/mol. The summed E-state index contributed by atoms with van der Waals surface area (Å²) in [6.07, 6.45) is 0. The third kappa shape index (κ3) is 2.32. The summed E-state index contributed by atoms with van der Waals surface area (Å²) in [5.41, 5.74) is 7.26. The van der Waals surface area contributed by atoms with Crippen molar-refractivity contribution in [1.82, 2.24) is 4.90 Å². The summed E-state index contributed by atoms with van der Waals surface area (Å²) in [7, 11) is 1.64. The van der Waals surface area contributed by atoms with Gasteiger partial charge >= 0.3 is 0 Å². The Bertz CT molecular complexity index is 1010. The Hall–Kier alpha value is -3.34. The summed E-state index contributed by atoms with van der Waals surface area (Å²) in [6, 6.07) is 21.1. The maximum Gasteiger partial charge on any atom is 0.266 e. The molecule has 4 rings (SSSR count). The first-order valence-corrected chi connectivity index (χ1v) is 8.39. The highest BCUT2D eigenvalue weighted by Gasteiger charge is 2.49. The quantitative estimate of drug-likeness (QED) is 0.792. The van der Waals surface area contributed by atoms with Crippen LogP contribution in [-0.4, -0.2) is 23.8 Å². The maximum atomic E-state index is 13.2. The molecule has 0 saturated carbocycles. The molecule has 1 aromatic heterocycles. The lowest BCUT2D eigenvalue weighted by molar-refractivity contribution is -0.129. The number of aliphatic imine (C=N–C) groups is 1. The van der Waals surface area contributed by atoms with Crippen LogP contribution in [0.3, 0.4) is 0 Å². The Morgan fingerprint density at radius 1 is 1.00 bits per heavy atom. The minimum absolute atomic E-state index is 0.172. The second kappa shape index (κ2) is 5.88. The number of aryl methyl sites for hydroxylation is 1. The van der Waals surface area contributed by atoms with E-state index in [1.54, 1.807) is 7.05 Å². The molecule has 0 fully saturated rings. The first-order chi connectivity index (χ1) is 12.5. The standard InChI is InChI=1S/C21H19N3O2/c1-14-11-12-18(26-14)15-7-6-10-17(13-15)21(16-8-4-3-5-9-16)19(25)24(2)20(22)23-21/h3-13H,1-2H3,(H2,22,23).